The zero-order chi connectivity index (χ0) is 9.84. The van der Waals surface area contributed by atoms with E-state index in [0.29, 0.717) is 0 Å². The summed E-state index contributed by atoms with van der Waals surface area (Å²) < 4.78 is 23.9. The molecule has 1 rings (SSSR count). The fourth-order valence-corrected chi connectivity index (χ4v) is 1.14. The summed E-state index contributed by atoms with van der Waals surface area (Å²) in [7, 11) is 0. The summed E-state index contributed by atoms with van der Waals surface area (Å²) in [6, 6.07) is 6.78. The maximum Gasteiger partial charge on any atom is 0.240 e. The third kappa shape index (κ3) is 3.11. The first-order valence-corrected chi connectivity index (χ1v) is 4.20. The minimum absolute atomic E-state index is 0.275. The minimum Gasteiger partial charge on any atom is -0.324 e. The van der Waals surface area contributed by atoms with Crippen molar-refractivity contribution in [3.8, 4) is 0 Å². The van der Waals surface area contributed by atoms with Crippen LogP contribution in [0.5, 0.6) is 0 Å². The lowest BCUT2D eigenvalue weighted by Gasteiger charge is -2.11. The third-order valence-electron chi connectivity index (χ3n) is 1.94. The van der Waals surface area contributed by atoms with Gasteiger partial charge in [-0.1, -0.05) is 29.8 Å². The second kappa shape index (κ2) is 4.33. The lowest BCUT2D eigenvalue weighted by Crippen LogP contribution is -2.13. The van der Waals surface area contributed by atoms with Gasteiger partial charge in [-0.05, 0) is 12.5 Å². The molecule has 72 valence electrons. The standard InChI is InChI=1S/C10H13F2N/c1-7-2-4-8(5-3-7)9(13)6-10(11)12/h2-5,9-10H,6,13H2,1H3/t9-/m0/s1. The first-order valence-electron chi connectivity index (χ1n) is 4.20. The van der Waals surface area contributed by atoms with Crippen LogP contribution in [0.25, 0.3) is 0 Å². The van der Waals surface area contributed by atoms with E-state index in [1.807, 2.05) is 19.1 Å². The van der Waals surface area contributed by atoms with E-state index in [1.165, 1.54) is 0 Å². The van der Waals surface area contributed by atoms with Gasteiger partial charge in [-0.2, -0.15) is 0 Å². The van der Waals surface area contributed by atoms with Gasteiger partial charge in [0.15, 0.2) is 0 Å². The molecular weight excluding hydrogens is 172 g/mol. The van der Waals surface area contributed by atoms with Crippen LogP contribution in [0.4, 0.5) is 8.78 Å². The van der Waals surface area contributed by atoms with Gasteiger partial charge >= 0.3 is 0 Å². The highest BCUT2D eigenvalue weighted by Gasteiger charge is 2.11. The van der Waals surface area contributed by atoms with Crippen molar-refractivity contribution in [1.82, 2.24) is 0 Å². The van der Waals surface area contributed by atoms with Gasteiger partial charge < -0.3 is 5.73 Å². The average Bonchev–Trinajstić information content (AvgIpc) is 2.04. The summed E-state index contributed by atoms with van der Waals surface area (Å²) in [6.45, 7) is 1.95. The normalized spacial score (nSPS) is 13.3. The molecule has 0 heterocycles. The lowest BCUT2D eigenvalue weighted by atomic mass is 10.0. The zero-order valence-electron chi connectivity index (χ0n) is 7.50. The average molecular weight is 185 g/mol. The molecule has 0 saturated carbocycles. The lowest BCUT2D eigenvalue weighted by molar-refractivity contribution is 0.128. The first-order chi connectivity index (χ1) is 6.09. The molecular formula is C10H13F2N. The van der Waals surface area contributed by atoms with Gasteiger partial charge in [-0.15, -0.1) is 0 Å². The van der Waals surface area contributed by atoms with E-state index in [4.69, 9.17) is 5.73 Å². The number of aryl methyl sites for hydroxylation is 1. The molecule has 13 heavy (non-hydrogen) atoms. The molecule has 2 N–H and O–H groups in total. The van der Waals surface area contributed by atoms with E-state index in [1.54, 1.807) is 12.1 Å². The number of benzene rings is 1. The highest BCUT2D eigenvalue weighted by Crippen LogP contribution is 2.18. The molecule has 0 aliphatic carbocycles. The topological polar surface area (TPSA) is 26.0 Å². The summed E-state index contributed by atoms with van der Waals surface area (Å²) in [5, 5.41) is 0. The van der Waals surface area contributed by atoms with E-state index in [9.17, 15) is 8.78 Å². The van der Waals surface area contributed by atoms with Crippen molar-refractivity contribution in [1.29, 1.82) is 0 Å². The number of alkyl halides is 2. The second-order valence-electron chi connectivity index (χ2n) is 3.14. The fraction of sp³-hybridized carbons (Fsp3) is 0.400. The van der Waals surface area contributed by atoms with Gasteiger partial charge in [0.05, 0.1) is 0 Å². The van der Waals surface area contributed by atoms with Gasteiger partial charge in [0.1, 0.15) is 0 Å². The Kier molecular flexibility index (Phi) is 3.37. The number of rotatable bonds is 3. The first kappa shape index (κ1) is 10.1. The van der Waals surface area contributed by atoms with Crippen molar-refractivity contribution < 1.29 is 8.78 Å². The maximum atomic E-state index is 12.0. The number of nitrogens with two attached hydrogens (primary N) is 1. The van der Waals surface area contributed by atoms with Crippen LogP contribution in [0.1, 0.15) is 23.6 Å². The molecule has 0 bridgehead atoms. The van der Waals surface area contributed by atoms with Gasteiger partial charge in [0, 0.05) is 12.5 Å². The maximum absolute atomic E-state index is 12.0. The van der Waals surface area contributed by atoms with E-state index in [2.05, 4.69) is 0 Å². The summed E-state index contributed by atoms with van der Waals surface area (Å²) in [5.41, 5.74) is 7.44. The molecule has 0 amide bonds. The third-order valence-corrected chi connectivity index (χ3v) is 1.94. The van der Waals surface area contributed by atoms with Crippen molar-refractivity contribution in [3.63, 3.8) is 0 Å². The Morgan fingerprint density at radius 2 is 1.77 bits per heavy atom. The Morgan fingerprint density at radius 3 is 2.23 bits per heavy atom. The number of hydrogen-bond acceptors (Lipinski definition) is 1. The van der Waals surface area contributed by atoms with Crippen LogP contribution in [0.3, 0.4) is 0 Å². The van der Waals surface area contributed by atoms with Gasteiger partial charge in [-0.25, -0.2) is 8.78 Å². The molecule has 1 aromatic rings. The highest BCUT2D eigenvalue weighted by molar-refractivity contribution is 5.23. The fourth-order valence-electron chi connectivity index (χ4n) is 1.14. The SMILES string of the molecule is Cc1ccc([C@@H](N)CC(F)F)cc1. The summed E-state index contributed by atoms with van der Waals surface area (Å²) in [4.78, 5) is 0. The van der Waals surface area contributed by atoms with Crippen molar-refractivity contribution >= 4 is 0 Å². The van der Waals surface area contributed by atoms with E-state index in [0.717, 1.165) is 11.1 Å². The molecule has 3 heteroatoms. The zero-order valence-corrected chi connectivity index (χ0v) is 7.50. The van der Waals surface area contributed by atoms with E-state index in [-0.39, 0.29) is 6.42 Å². The van der Waals surface area contributed by atoms with Gasteiger partial charge in [0.25, 0.3) is 0 Å². The molecule has 0 unspecified atom stereocenters. The summed E-state index contributed by atoms with van der Waals surface area (Å²) in [5.74, 6) is 0. The molecule has 1 aromatic carbocycles. The molecule has 0 aromatic heterocycles. The molecule has 0 aliphatic rings. The molecule has 0 saturated heterocycles. The minimum atomic E-state index is -2.34. The van der Waals surface area contributed by atoms with Crippen molar-refractivity contribution in [3.05, 3.63) is 35.4 Å². The van der Waals surface area contributed by atoms with Gasteiger partial charge in [-0.3, -0.25) is 0 Å². The van der Waals surface area contributed by atoms with Crippen LogP contribution in [0, 0.1) is 6.92 Å². The smallest absolute Gasteiger partial charge is 0.240 e. The largest absolute Gasteiger partial charge is 0.324 e. The highest BCUT2D eigenvalue weighted by atomic mass is 19.3. The van der Waals surface area contributed by atoms with Crippen LogP contribution in [-0.2, 0) is 0 Å². The van der Waals surface area contributed by atoms with Crippen LogP contribution >= 0.6 is 0 Å². The van der Waals surface area contributed by atoms with Gasteiger partial charge in [0.2, 0.25) is 6.43 Å². The second-order valence-corrected chi connectivity index (χ2v) is 3.14. The molecule has 0 fully saturated rings. The Labute approximate surface area is 76.6 Å². The van der Waals surface area contributed by atoms with Crippen LogP contribution < -0.4 is 5.73 Å². The van der Waals surface area contributed by atoms with Crippen molar-refractivity contribution in [2.45, 2.75) is 25.8 Å². The molecule has 1 atom stereocenters. The monoisotopic (exact) mass is 185 g/mol. The summed E-state index contributed by atoms with van der Waals surface area (Å²) >= 11 is 0. The van der Waals surface area contributed by atoms with Crippen LogP contribution in [-0.4, -0.2) is 6.43 Å². The van der Waals surface area contributed by atoms with Crippen LogP contribution in [0.2, 0.25) is 0 Å². The Morgan fingerprint density at radius 1 is 1.23 bits per heavy atom. The predicted molar refractivity (Wildman–Crippen MR) is 48.7 cm³/mol. The van der Waals surface area contributed by atoms with Crippen molar-refractivity contribution in [2.24, 2.45) is 5.73 Å². The predicted octanol–water partition coefficient (Wildman–Crippen LogP) is 2.65. The molecule has 0 radical (unpaired) electrons. The molecule has 0 spiro atoms. The van der Waals surface area contributed by atoms with E-state index < -0.39 is 12.5 Å². The number of hydrogen-bond donors (Lipinski definition) is 1. The Bertz CT molecular complexity index is 256. The number of halogens is 2. The van der Waals surface area contributed by atoms with Crippen LogP contribution in [0.15, 0.2) is 24.3 Å². The van der Waals surface area contributed by atoms with E-state index >= 15 is 0 Å². The Hall–Kier alpha value is -0.960. The molecule has 1 nitrogen and oxygen atoms in total. The van der Waals surface area contributed by atoms with Crippen molar-refractivity contribution in [2.75, 3.05) is 0 Å². The summed E-state index contributed by atoms with van der Waals surface area (Å²) in [6.07, 6.45) is -2.61. The molecule has 0 aliphatic heterocycles. The quantitative estimate of drug-likeness (QED) is 0.769. The Balaban J connectivity index is 2.66.